The summed E-state index contributed by atoms with van der Waals surface area (Å²) < 4.78 is 14.3. The Morgan fingerprint density at radius 1 is 1.82 bits per heavy atom. The Labute approximate surface area is 63.5 Å². The van der Waals surface area contributed by atoms with Gasteiger partial charge in [-0.3, -0.25) is 4.68 Å². The zero-order chi connectivity index (χ0) is 7.84. The predicted octanol–water partition coefficient (Wildman–Crippen LogP) is 0.270. The van der Waals surface area contributed by atoms with E-state index < -0.39 is 6.17 Å². The summed E-state index contributed by atoms with van der Waals surface area (Å²) in [5.41, 5.74) is 1.52. The van der Waals surface area contributed by atoms with Crippen molar-refractivity contribution in [2.24, 2.45) is 0 Å². The summed E-state index contributed by atoms with van der Waals surface area (Å²) in [5, 5.41) is 12.7. The largest absolute Gasteiger partial charge is 0.390 e. The highest BCUT2D eigenvalue weighted by molar-refractivity contribution is 5.13. The third kappa shape index (κ3) is 1.03. The van der Waals surface area contributed by atoms with Crippen molar-refractivity contribution in [3.8, 4) is 0 Å². The first-order chi connectivity index (χ1) is 5.29. The summed E-state index contributed by atoms with van der Waals surface area (Å²) in [6.07, 6.45) is -0.349. The Kier molecular flexibility index (Phi) is 1.42. The molecule has 0 spiro atoms. The van der Waals surface area contributed by atoms with Gasteiger partial charge in [-0.15, -0.1) is 0 Å². The molecule has 1 aromatic heterocycles. The highest BCUT2D eigenvalue weighted by atomic mass is 19.1. The van der Waals surface area contributed by atoms with Gasteiger partial charge >= 0.3 is 0 Å². The second kappa shape index (κ2) is 2.30. The van der Waals surface area contributed by atoms with Crippen LogP contribution < -0.4 is 0 Å². The van der Waals surface area contributed by atoms with Crippen LogP contribution in [0.3, 0.4) is 0 Å². The third-order valence-corrected chi connectivity index (χ3v) is 1.88. The van der Waals surface area contributed by atoms with Crippen molar-refractivity contribution in [3.63, 3.8) is 0 Å². The third-order valence-electron chi connectivity index (χ3n) is 1.88. The smallest absolute Gasteiger partial charge is 0.125 e. The van der Waals surface area contributed by atoms with Crippen LogP contribution in [-0.2, 0) is 19.6 Å². The molecule has 0 unspecified atom stereocenters. The van der Waals surface area contributed by atoms with Crippen LogP contribution in [0.2, 0.25) is 0 Å². The van der Waals surface area contributed by atoms with Gasteiger partial charge in [-0.2, -0.15) is 5.10 Å². The molecule has 0 amide bonds. The molecule has 0 saturated carbocycles. The van der Waals surface area contributed by atoms with Gasteiger partial charge < -0.3 is 5.11 Å². The van der Waals surface area contributed by atoms with E-state index in [1.54, 1.807) is 10.7 Å². The molecule has 0 aliphatic carbocycles. The Morgan fingerprint density at radius 2 is 2.64 bits per heavy atom. The highest BCUT2D eigenvalue weighted by Gasteiger charge is 2.22. The minimum Gasteiger partial charge on any atom is -0.390 e. The first-order valence-corrected chi connectivity index (χ1v) is 3.60. The summed E-state index contributed by atoms with van der Waals surface area (Å²) in [4.78, 5) is 0. The molecule has 1 N–H and O–H groups in total. The fourth-order valence-corrected chi connectivity index (χ4v) is 1.39. The maximum absolute atomic E-state index is 12.7. The number of halogens is 1. The lowest BCUT2D eigenvalue weighted by Crippen LogP contribution is -2.03. The van der Waals surface area contributed by atoms with Gasteiger partial charge in [0.15, 0.2) is 0 Å². The minimum atomic E-state index is -0.787. The first kappa shape index (κ1) is 6.79. The number of hydrogen-bond donors (Lipinski definition) is 1. The van der Waals surface area contributed by atoms with Crippen LogP contribution in [0.25, 0.3) is 0 Å². The van der Waals surface area contributed by atoms with Crippen molar-refractivity contribution in [2.75, 3.05) is 0 Å². The summed E-state index contributed by atoms with van der Waals surface area (Å²) in [6, 6.07) is 1.75. The van der Waals surface area contributed by atoms with Gasteiger partial charge in [-0.25, -0.2) is 4.39 Å². The van der Waals surface area contributed by atoms with Gasteiger partial charge in [0.25, 0.3) is 0 Å². The minimum absolute atomic E-state index is 0.0586. The van der Waals surface area contributed by atoms with Crippen LogP contribution in [0, 0.1) is 0 Å². The van der Waals surface area contributed by atoms with E-state index in [1.807, 2.05) is 0 Å². The normalized spacial score (nSPS) is 22.2. The lowest BCUT2D eigenvalue weighted by atomic mass is 10.2. The monoisotopic (exact) mass is 156 g/mol. The second-order valence-corrected chi connectivity index (χ2v) is 2.77. The molecule has 2 rings (SSSR count). The molecule has 11 heavy (non-hydrogen) atoms. The van der Waals surface area contributed by atoms with Crippen LogP contribution in [0.4, 0.5) is 4.39 Å². The van der Waals surface area contributed by atoms with Crippen molar-refractivity contribution in [1.82, 2.24) is 9.78 Å². The molecule has 0 saturated heterocycles. The molecular formula is C7H9FN2O. The molecule has 4 heteroatoms. The lowest BCUT2D eigenvalue weighted by molar-refractivity contribution is 0.272. The first-order valence-electron chi connectivity index (χ1n) is 3.60. The van der Waals surface area contributed by atoms with E-state index in [-0.39, 0.29) is 6.61 Å². The van der Waals surface area contributed by atoms with E-state index in [9.17, 15) is 4.39 Å². The maximum atomic E-state index is 12.7. The van der Waals surface area contributed by atoms with Crippen molar-refractivity contribution >= 4 is 0 Å². The van der Waals surface area contributed by atoms with Crippen molar-refractivity contribution in [2.45, 2.75) is 25.7 Å². The van der Waals surface area contributed by atoms with E-state index in [0.717, 1.165) is 5.69 Å². The zero-order valence-electron chi connectivity index (χ0n) is 6.00. The number of alkyl halides is 1. The summed E-state index contributed by atoms with van der Waals surface area (Å²) >= 11 is 0. The predicted molar refractivity (Wildman–Crippen MR) is 36.7 cm³/mol. The average Bonchev–Trinajstić information content (AvgIpc) is 2.43. The van der Waals surface area contributed by atoms with Crippen molar-refractivity contribution in [3.05, 3.63) is 17.5 Å². The second-order valence-electron chi connectivity index (χ2n) is 2.77. The van der Waals surface area contributed by atoms with Crippen LogP contribution in [0.15, 0.2) is 6.07 Å². The quantitative estimate of drug-likeness (QED) is 0.633. The zero-order valence-corrected chi connectivity index (χ0v) is 6.00. The van der Waals surface area contributed by atoms with Gasteiger partial charge in [-0.05, 0) is 6.07 Å². The van der Waals surface area contributed by atoms with Crippen LogP contribution in [0.5, 0.6) is 0 Å². The molecular weight excluding hydrogens is 147 g/mol. The van der Waals surface area contributed by atoms with E-state index in [0.29, 0.717) is 18.7 Å². The van der Waals surface area contributed by atoms with Gasteiger partial charge in [0.2, 0.25) is 0 Å². The molecule has 0 aromatic carbocycles. The highest BCUT2D eigenvalue weighted by Crippen LogP contribution is 2.17. The van der Waals surface area contributed by atoms with Gasteiger partial charge in [0.1, 0.15) is 6.17 Å². The molecule has 3 nitrogen and oxygen atoms in total. The summed E-state index contributed by atoms with van der Waals surface area (Å²) in [6.45, 7) is 0.284. The Hall–Kier alpha value is -0.900. The molecule has 1 aliphatic heterocycles. The SMILES string of the molecule is OCc1cc2n(n1)C[C@@H](F)C2. The van der Waals surface area contributed by atoms with Crippen molar-refractivity contribution in [1.29, 1.82) is 0 Å². The van der Waals surface area contributed by atoms with E-state index in [1.165, 1.54) is 0 Å². The van der Waals surface area contributed by atoms with Gasteiger partial charge in [0.05, 0.1) is 18.8 Å². The Bertz CT molecular complexity index is 248. The number of fused-ring (bicyclic) bond motifs is 1. The molecule has 0 bridgehead atoms. The fraction of sp³-hybridized carbons (Fsp3) is 0.571. The standard InChI is InChI=1S/C7H9FN2O/c8-5-1-7-2-6(4-11)9-10(7)3-5/h2,5,11H,1,3-4H2/t5-/m0/s1. The van der Waals surface area contributed by atoms with E-state index >= 15 is 0 Å². The summed E-state index contributed by atoms with van der Waals surface area (Å²) in [5.74, 6) is 0. The molecule has 1 aromatic rings. The number of aliphatic hydroxyl groups is 1. The Morgan fingerprint density at radius 3 is 3.27 bits per heavy atom. The molecule has 60 valence electrons. The number of hydrogen-bond acceptors (Lipinski definition) is 2. The molecule has 1 aliphatic rings. The fourth-order valence-electron chi connectivity index (χ4n) is 1.39. The van der Waals surface area contributed by atoms with E-state index in [4.69, 9.17) is 5.11 Å². The van der Waals surface area contributed by atoms with Crippen LogP contribution in [-0.4, -0.2) is 21.1 Å². The number of rotatable bonds is 1. The van der Waals surface area contributed by atoms with Crippen molar-refractivity contribution < 1.29 is 9.50 Å². The van der Waals surface area contributed by atoms with Gasteiger partial charge in [-0.1, -0.05) is 0 Å². The average molecular weight is 156 g/mol. The molecule has 2 heterocycles. The van der Waals surface area contributed by atoms with Crippen LogP contribution in [0.1, 0.15) is 11.4 Å². The Balaban J connectivity index is 2.29. The molecule has 0 radical (unpaired) electrons. The lowest BCUT2D eigenvalue weighted by Gasteiger charge is -1.93. The topological polar surface area (TPSA) is 38.0 Å². The molecule has 0 fully saturated rings. The molecule has 1 atom stereocenters. The van der Waals surface area contributed by atoms with Crippen LogP contribution >= 0.6 is 0 Å². The number of aromatic nitrogens is 2. The number of aliphatic hydroxyl groups excluding tert-OH is 1. The summed E-state index contributed by atoms with van der Waals surface area (Å²) in [7, 11) is 0. The maximum Gasteiger partial charge on any atom is 0.125 e. The van der Waals surface area contributed by atoms with E-state index in [2.05, 4.69) is 5.10 Å². The number of nitrogens with zero attached hydrogens (tertiary/aromatic N) is 2. The van der Waals surface area contributed by atoms with Gasteiger partial charge in [0, 0.05) is 12.1 Å².